The highest BCUT2D eigenvalue weighted by Gasteiger charge is 2.26. The zero-order valence-corrected chi connectivity index (χ0v) is 11.3. The molecule has 0 radical (unpaired) electrons. The summed E-state index contributed by atoms with van der Waals surface area (Å²) in [7, 11) is 0. The lowest BCUT2D eigenvalue weighted by Crippen LogP contribution is -2.27. The second-order valence-corrected chi connectivity index (χ2v) is 5.96. The van der Waals surface area contributed by atoms with E-state index in [9.17, 15) is 5.11 Å². The molecule has 0 aliphatic heterocycles. The fraction of sp³-hybridized carbons (Fsp3) is 1.00. The largest absolute Gasteiger partial charge is 0.396 e. The van der Waals surface area contributed by atoms with E-state index in [-0.39, 0.29) is 5.41 Å². The molecule has 0 heterocycles. The summed E-state index contributed by atoms with van der Waals surface area (Å²) in [5.74, 6) is 1.41. The third-order valence-corrected chi connectivity index (χ3v) is 3.78. The number of unbranched alkanes of at least 4 members (excludes halogenated alkanes) is 2. The van der Waals surface area contributed by atoms with Crippen LogP contribution in [0, 0.1) is 17.3 Å². The predicted octanol–water partition coefficient (Wildman–Crippen LogP) is 4.25. The van der Waals surface area contributed by atoms with Crippen LogP contribution in [0.25, 0.3) is 0 Å². The van der Waals surface area contributed by atoms with Crippen LogP contribution < -0.4 is 0 Å². The van der Waals surface area contributed by atoms with Gasteiger partial charge in [-0.15, -0.1) is 0 Å². The highest BCUT2D eigenvalue weighted by atomic mass is 16.3. The molecule has 1 N–H and O–H groups in total. The van der Waals surface area contributed by atoms with Crippen LogP contribution in [0.2, 0.25) is 0 Å². The highest BCUT2D eigenvalue weighted by Crippen LogP contribution is 2.32. The Labute approximate surface area is 96.3 Å². The molecule has 0 spiro atoms. The molecule has 0 aliphatic carbocycles. The summed E-state index contributed by atoms with van der Waals surface area (Å²) in [6, 6.07) is 0. The minimum Gasteiger partial charge on any atom is -0.396 e. The van der Waals surface area contributed by atoms with Crippen LogP contribution in [-0.4, -0.2) is 11.7 Å². The summed E-state index contributed by atoms with van der Waals surface area (Å²) >= 11 is 0. The first-order valence-electron chi connectivity index (χ1n) is 6.53. The maximum Gasteiger partial charge on any atom is 0.0487 e. The third-order valence-electron chi connectivity index (χ3n) is 3.78. The van der Waals surface area contributed by atoms with Crippen molar-refractivity contribution in [3.63, 3.8) is 0 Å². The minimum absolute atomic E-state index is 0.137. The molecule has 0 aromatic carbocycles. The van der Waals surface area contributed by atoms with Crippen molar-refractivity contribution in [1.29, 1.82) is 0 Å². The summed E-state index contributed by atoms with van der Waals surface area (Å²) in [6.45, 7) is 11.5. The Balaban J connectivity index is 3.64. The average Bonchev–Trinajstić information content (AvgIpc) is 2.16. The van der Waals surface area contributed by atoms with Gasteiger partial charge in [0.2, 0.25) is 0 Å². The van der Waals surface area contributed by atoms with Crippen LogP contribution in [-0.2, 0) is 0 Å². The van der Waals surface area contributed by atoms with Gasteiger partial charge in [0.1, 0.15) is 0 Å². The molecule has 0 fully saturated rings. The molecule has 92 valence electrons. The van der Waals surface area contributed by atoms with Crippen LogP contribution in [0.1, 0.15) is 66.7 Å². The van der Waals surface area contributed by atoms with Gasteiger partial charge in [-0.2, -0.15) is 0 Å². The Morgan fingerprint density at radius 2 is 1.60 bits per heavy atom. The number of aliphatic hydroxyl groups excluding tert-OH is 1. The Morgan fingerprint density at radius 3 is 2.00 bits per heavy atom. The predicted molar refractivity (Wildman–Crippen MR) is 68.0 cm³/mol. The summed E-state index contributed by atoms with van der Waals surface area (Å²) in [5, 5.41) is 9.40. The maximum absolute atomic E-state index is 9.40. The summed E-state index contributed by atoms with van der Waals surface area (Å²) in [5.41, 5.74) is 0.137. The van der Waals surface area contributed by atoms with Gasteiger partial charge in [0, 0.05) is 6.61 Å². The first kappa shape index (κ1) is 15.0. The van der Waals surface area contributed by atoms with Gasteiger partial charge in [0.15, 0.2) is 0 Å². The van der Waals surface area contributed by atoms with Crippen LogP contribution >= 0.6 is 0 Å². The van der Waals surface area contributed by atoms with E-state index in [4.69, 9.17) is 0 Å². The van der Waals surface area contributed by atoms with E-state index in [0.29, 0.717) is 12.5 Å². The van der Waals surface area contributed by atoms with Crippen molar-refractivity contribution in [1.82, 2.24) is 0 Å². The highest BCUT2D eigenvalue weighted by molar-refractivity contribution is 4.76. The lowest BCUT2D eigenvalue weighted by molar-refractivity contribution is 0.0824. The standard InChI is InChI=1S/C14H30O/c1-12(2)9-7-6-8-10-14(5,11-15)13(3)4/h12-13,15H,6-11H2,1-5H3/t14-/m0/s1. The molecule has 0 aromatic heterocycles. The molecule has 1 atom stereocenters. The lowest BCUT2D eigenvalue weighted by atomic mass is 9.76. The van der Waals surface area contributed by atoms with Gasteiger partial charge >= 0.3 is 0 Å². The van der Waals surface area contributed by atoms with E-state index in [1.807, 2.05) is 0 Å². The van der Waals surface area contributed by atoms with Crippen molar-refractivity contribution in [2.24, 2.45) is 17.3 Å². The Morgan fingerprint density at radius 1 is 1.00 bits per heavy atom. The molecule has 0 saturated carbocycles. The van der Waals surface area contributed by atoms with Gasteiger partial charge in [-0.1, -0.05) is 60.3 Å². The molecule has 0 saturated heterocycles. The zero-order valence-electron chi connectivity index (χ0n) is 11.3. The smallest absolute Gasteiger partial charge is 0.0487 e. The molecule has 0 amide bonds. The molecular formula is C14H30O. The molecule has 0 unspecified atom stereocenters. The van der Waals surface area contributed by atoms with Gasteiger partial charge < -0.3 is 5.11 Å². The van der Waals surface area contributed by atoms with E-state index in [1.54, 1.807) is 0 Å². The van der Waals surface area contributed by atoms with Crippen molar-refractivity contribution in [3.8, 4) is 0 Å². The molecule has 1 heteroatoms. The van der Waals surface area contributed by atoms with E-state index >= 15 is 0 Å². The summed E-state index contributed by atoms with van der Waals surface area (Å²) in [6.07, 6.45) is 6.44. The third kappa shape index (κ3) is 6.19. The zero-order chi connectivity index (χ0) is 11.9. The Kier molecular flexibility index (Phi) is 7.25. The lowest BCUT2D eigenvalue weighted by Gasteiger charge is -2.31. The van der Waals surface area contributed by atoms with Crippen LogP contribution in [0.4, 0.5) is 0 Å². The fourth-order valence-corrected chi connectivity index (χ4v) is 1.81. The van der Waals surface area contributed by atoms with Crippen molar-refractivity contribution in [2.75, 3.05) is 6.61 Å². The van der Waals surface area contributed by atoms with E-state index in [0.717, 1.165) is 5.92 Å². The first-order chi connectivity index (χ1) is 6.92. The minimum atomic E-state index is 0.137. The summed E-state index contributed by atoms with van der Waals surface area (Å²) < 4.78 is 0. The van der Waals surface area contributed by atoms with Crippen molar-refractivity contribution in [2.45, 2.75) is 66.7 Å². The topological polar surface area (TPSA) is 20.2 Å². The Bertz CT molecular complexity index is 151. The average molecular weight is 214 g/mol. The van der Waals surface area contributed by atoms with Gasteiger partial charge in [0.25, 0.3) is 0 Å². The van der Waals surface area contributed by atoms with Gasteiger partial charge in [0.05, 0.1) is 0 Å². The molecular weight excluding hydrogens is 184 g/mol. The number of rotatable bonds is 8. The number of hydrogen-bond acceptors (Lipinski definition) is 1. The number of hydrogen-bond donors (Lipinski definition) is 1. The van der Waals surface area contributed by atoms with Crippen molar-refractivity contribution >= 4 is 0 Å². The van der Waals surface area contributed by atoms with Crippen molar-refractivity contribution < 1.29 is 5.11 Å². The van der Waals surface area contributed by atoms with Gasteiger partial charge in [-0.05, 0) is 23.7 Å². The van der Waals surface area contributed by atoms with E-state index < -0.39 is 0 Å². The SMILES string of the molecule is CC(C)CCCCC[C@@](C)(CO)C(C)C. The van der Waals surface area contributed by atoms with Crippen LogP contribution in [0.5, 0.6) is 0 Å². The van der Waals surface area contributed by atoms with E-state index in [1.165, 1.54) is 32.1 Å². The quantitative estimate of drug-likeness (QED) is 0.599. The Hall–Kier alpha value is -0.0400. The number of aliphatic hydroxyl groups is 1. The monoisotopic (exact) mass is 214 g/mol. The molecule has 0 bridgehead atoms. The van der Waals surface area contributed by atoms with E-state index in [2.05, 4.69) is 34.6 Å². The second kappa shape index (κ2) is 7.27. The fourth-order valence-electron chi connectivity index (χ4n) is 1.81. The maximum atomic E-state index is 9.40. The molecule has 15 heavy (non-hydrogen) atoms. The molecule has 0 aromatic rings. The molecule has 0 aliphatic rings. The first-order valence-corrected chi connectivity index (χ1v) is 6.53. The molecule has 1 nitrogen and oxygen atoms in total. The normalized spacial score (nSPS) is 16.0. The van der Waals surface area contributed by atoms with Crippen LogP contribution in [0.15, 0.2) is 0 Å². The summed E-state index contributed by atoms with van der Waals surface area (Å²) in [4.78, 5) is 0. The molecule has 0 rings (SSSR count). The van der Waals surface area contributed by atoms with Gasteiger partial charge in [-0.25, -0.2) is 0 Å². The second-order valence-electron chi connectivity index (χ2n) is 5.96. The van der Waals surface area contributed by atoms with Gasteiger partial charge in [-0.3, -0.25) is 0 Å². The van der Waals surface area contributed by atoms with Crippen LogP contribution in [0.3, 0.4) is 0 Å². The van der Waals surface area contributed by atoms with Crippen molar-refractivity contribution in [3.05, 3.63) is 0 Å².